The van der Waals surface area contributed by atoms with Crippen LogP contribution in [0.3, 0.4) is 0 Å². The highest BCUT2D eigenvalue weighted by Crippen LogP contribution is 2.34. The average Bonchev–Trinajstić information content (AvgIpc) is 3.04. The van der Waals surface area contributed by atoms with Gasteiger partial charge in [0.25, 0.3) is 11.8 Å². The van der Waals surface area contributed by atoms with Crippen LogP contribution in [0.25, 0.3) is 5.57 Å². The number of carbonyl (C=O) groups excluding carboxylic acids is 3. The van der Waals surface area contributed by atoms with Crippen molar-refractivity contribution in [2.24, 2.45) is 0 Å². The predicted molar refractivity (Wildman–Crippen MR) is 123 cm³/mol. The standard InChI is InChI=1S/C25H21N3O4/c1-16(29)26-18-10-12-19(13-11-18)27-23-22(17-8-14-21(32-2)15-9-17)24(30)28(25(23)31)20-6-4-3-5-7-20/h3-15,27H,1-2H3,(H,26,29). The molecule has 0 atom stereocenters. The van der Waals surface area contributed by atoms with Crippen molar-refractivity contribution in [3.8, 4) is 5.75 Å². The number of rotatable bonds is 6. The molecule has 160 valence electrons. The van der Waals surface area contributed by atoms with E-state index in [2.05, 4.69) is 10.6 Å². The smallest absolute Gasteiger partial charge is 0.282 e. The van der Waals surface area contributed by atoms with Gasteiger partial charge in [-0.25, -0.2) is 4.90 Å². The molecule has 3 amide bonds. The molecular formula is C25H21N3O4. The number of hydrogen-bond donors (Lipinski definition) is 2. The number of ether oxygens (including phenoxy) is 1. The summed E-state index contributed by atoms with van der Waals surface area (Å²) >= 11 is 0. The molecule has 4 rings (SSSR count). The number of amides is 3. The summed E-state index contributed by atoms with van der Waals surface area (Å²) in [5.41, 5.74) is 2.78. The number of carbonyl (C=O) groups is 3. The van der Waals surface area contributed by atoms with Gasteiger partial charge in [-0.2, -0.15) is 0 Å². The fourth-order valence-corrected chi connectivity index (χ4v) is 3.47. The van der Waals surface area contributed by atoms with Gasteiger partial charge in [0.1, 0.15) is 11.4 Å². The van der Waals surface area contributed by atoms with Gasteiger partial charge >= 0.3 is 0 Å². The van der Waals surface area contributed by atoms with Crippen LogP contribution in [0.15, 0.2) is 84.6 Å². The van der Waals surface area contributed by atoms with E-state index in [9.17, 15) is 14.4 Å². The lowest BCUT2D eigenvalue weighted by Gasteiger charge is -2.15. The van der Waals surface area contributed by atoms with Crippen LogP contribution in [0.2, 0.25) is 0 Å². The first-order valence-corrected chi connectivity index (χ1v) is 9.95. The van der Waals surface area contributed by atoms with Crippen molar-refractivity contribution >= 4 is 40.4 Å². The molecule has 0 saturated carbocycles. The van der Waals surface area contributed by atoms with Crippen molar-refractivity contribution in [3.05, 3.63) is 90.1 Å². The molecule has 32 heavy (non-hydrogen) atoms. The molecule has 1 aliphatic rings. The minimum absolute atomic E-state index is 0.176. The summed E-state index contributed by atoms with van der Waals surface area (Å²) in [4.78, 5) is 39.1. The van der Waals surface area contributed by atoms with Crippen molar-refractivity contribution in [2.75, 3.05) is 22.6 Å². The second-order valence-electron chi connectivity index (χ2n) is 7.14. The fourth-order valence-electron chi connectivity index (χ4n) is 3.47. The summed E-state index contributed by atoms with van der Waals surface area (Å²) in [6.45, 7) is 1.43. The lowest BCUT2D eigenvalue weighted by molar-refractivity contribution is -0.120. The Hall–Kier alpha value is -4.39. The molecule has 0 aromatic heterocycles. The highest BCUT2D eigenvalue weighted by Gasteiger charge is 2.40. The quantitative estimate of drug-likeness (QED) is 0.580. The van der Waals surface area contributed by atoms with Crippen LogP contribution < -0.4 is 20.3 Å². The van der Waals surface area contributed by atoms with E-state index in [0.717, 1.165) is 4.90 Å². The maximum Gasteiger partial charge on any atom is 0.282 e. The number of benzene rings is 3. The largest absolute Gasteiger partial charge is 0.497 e. The highest BCUT2D eigenvalue weighted by atomic mass is 16.5. The zero-order chi connectivity index (χ0) is 22.7. The number of hydrogen-bond acceptors (Lipinski definition) is 5. The third kappa shape index (κ3) is 4.09. The van der Waals surface area contributed by atoms with Crippen LogP contribution in [0.4, 0.5) is 17.1 Å². The summed E-state index contributed by atoms with van der Waals surface area (Å²) in [7, 11) is 1.56. The topological polar surface area (TPSA) is 87.7 Å². The van der Waals surface area contributed by atoms with E-state index >= 15 is 0 Å². The Bertz CT molecular complexity index is 1200. The van der Waals surface area contributed by atoms with E-state index in [1.54, 1.807) is 79.9 Å². The highest BCUT2D eigenvalue weighted by molar-refractivity contribution is 6.46. The van der Waals surface area contributed by atoms with Crippen LogP contribution in [-0.2, 0) is 14.4 Å². The van der Waals surface area contributed by atoms with Gasteiger partial charge < -0.3 is 15.4 Å². The van der Waals surface area contributed by atoms with Gasteiger partial charge in [0.15, 0.2) is 0 Å². The van der Waals surface area contributed by atoms with E-state index in [1.807, 2.05) is 6.07 Å². The van der Waals surface area contributed by atoms with Crippen molar-refractivity contribution in [2.45, 2.75) is 6.92 Å². The van der Waals surface area contributed by atoms with E-state index in [4.69, 9.17) is 4.74 Å². The normalized spacial score (nSPS) is 13.4. The molecule has 3 aromatic carbocycles. The Morgan fingerprint density at radius 3 is 2.03 bits per heavy atom. The number of nitrogens with zero attached hydrogens (tertiary/aromatic N) is 1. The molecule has 2 N–H and O–H groups in total. The van der Waals surface area contributed by atoms with Gasteiger partial charge in [-0.05, 0) is 54.1 Å². The third-order valence-corrected chi connectivity index (χ3v) is 4.95. The van der Waals surface area contributed by atoms with Crippen LogP contribution in [0.1, 0.15) is 12.5 Å². The van der Waals surface area contributed by atoms with Gasteiger partial charge in [0.05, 0.1) is 18.4 Å². The first-order valence-electron chi connectivity index (χ1n) is 9.95. The number of imide groups is 1. The van der Waals surface area contributed by atoms with E-state index in [1.165, 1.54) is 6.92 Å². The maximum atomic E-state index is 13.4. The third-order valence-electron chi connectivity index (χ3n) is 4.95. The van der Waals surface area contributed by atoms with Gasteiger partial charge in [-0.1, -0.05) is 30.3 Å². The van der Waals surface area contributed by atoms with Crippen molar-refractivity contribution in [1.82, 2.24) is 0 Å². The molecule has 0 fully saturated rings. The molecule has 0 radical (unpaired) electrons. The molecule has 0 aliphatic carbocycles. The van der Waals surface area contributed by atoms with Crippen LogP contribution in [0.5, 0.6) is 5.75 Å². The number of anilines is 3. The number of methoxy groups -OCH3 is 1. The second-order valence-corrected chi connectivity index (χ2v) is 7.14. The van der Waals surface area contributed by atoms with Crippen molar-refractivity contribution in [3.63, 3.8) is 0 Å². The van der Waals surface area contributed by atoms with Crippen molar-refractivity contribution in [1.29, 1.82) is 0 Å². The SMILES string of the molecule is COc1ccc(C2=C(Nc3ccc(NC(C)=O)cc3)C(=O)N(c3ccccc3)C2=O)cc1. The summed E-state index contributed by atoms with van der Waals surface area (Å²) in [5.74, 6) is -0.388. The van der Waals surface area contributed by atoms with Crippen molar-refractivity contribution < 1.29 is 19.1 Å². The minimum Gasteiger partial charge on any atom is -0.497 e. The van der Waals surface area contributed by atoms with Crippen LogP contribution in [-0.4, -0.2) is 24.8 Å². The second kappa shape index (κ2) is 8.77. The fraction of sp³-hybridized carbons (Fsp3) is 0.0800. The molecule has 3 aromatic rings. The van der Waals surface area contributed by atoms with Crippen LogP contribution >= 0.6 is 0 Å². The molecular weight excluding hydrogens is 406 g/mol. The van der Waals surface area contributed by atoms with Crippen LogP contribution in [0, 0.1) is 0 Å². The van der Waals surface area contributed by atoms with E-state index in [0.29, 0.717) is 28.4 Å². The summed E-state index contributed by atoms with van der Waals surface area (Å²) in [6, 6.07) is 22.7. The Morgan fingerprint density at radius 2 is 1.44 bits per heavy atom. The lowest BCUT2D eigenvalue weighted by Crippen LogP contribution is -2.32. The zero-order valence-corrected chi connectivity index (χ0v) is 17.6. The first kappa shape index (κ1) is 20.9. The molecule has 1 heterocycles. The first-order chi connectivity index (χ1) is 15.5. The zero-order valence-electron chi connectivity index (χ0n) is 17.6. The molecule has 0 bridgehead atoms. The molecule has 0 unspecified atom stereocenters. The average molecular weight is 427 g/mol. The number of para-hydroxylation sites is 1. The molecule has 7 nitrogen and oxygen atoms in total. The van der Waals surface area contributed by atoms with E-state index in [-0.39, 0.29) is 17.2 Å². The molecule has 0 saturated heterocycles. The van der Waals surface area contributed by atoms with E-state index < -0.39 is 11.8 Å². The lowest BCUT2D eigenvalue weighted by atomic mass is 10.0. The van der Waals surface area contributed by atoms with Gasteiger partial charge in [0, 0.05) is 18.3 Å². The van der Waals surface area contributed by atoms with Gasteiger partial charge in [0.2, 0.25) is 5.91 Å². The van der Waals surface area contributed by atoms with Gasteiger partial charge in [-0.3, -0.25) is 14.4 Å². The summed E-state index contributed by atoms with van der Waals surface area (Å²) < 4.78 is 5.21. The monoisotopic (exact) mass is 427 g/mol. The Labute approximate surface area is 185 Å². The Balaban J connectivity index is 1.74. The molecule has 1 aliphatic heterocycles. The summed E-state index contributed by atoms with van der Waals surface area (Å²) in [6.07, 6.45) is 0. The van der Waals surface area contributed by atoms with Gasteiger partial charge in [-0.15, -0.1) is 0 Å². The molecule has 7 heteroatoms. The summed E-state index contributed by atoms with van der Waals surface area (Å²) in [5, 5.41) is 5.80. The molecule has 0 spiro atoms. The predicted octanol–water partition coefficient (Wildman–Crippen LogP) is 4.05. The Morgan fingerprint density at radius 1 is 0.812 bits per heavy atom. The number of nitrogens with one attached hydrogen (secondary N) is 2. The maximum absolute atomic E-state index is 13.4. The minimum atomic E-state index is -0.446. The Kier molecular flexibility index (Phi) is 5.72.